The van der Waals surface area contributed by atoms with Gasteiger partial charge in [0, 0.05) is 30.5 Å². The highest BCUT2D eigenvalue weighted by Crippen LogP contribution is 2.40. The summed E-state index contributed by atoms with van der Waals surface area (Å²) in [6.45, 7) is 8.51. The summed E-state index contributed by atoms with van der Waals surface area (Å²) in [5.41, 5.74) is 6.37. The lowest BCUT2D eigenvalue weighted by atomic mass is 9.88. The van der Waals surface area contributed by atoms with Gasteiger partial charge >= 0.3 is 0 Å². The van der Waals surface area contributed by atoms with Crippen LogP contribution in [0.5, 0.6) is 0 Å². The Kier molecular flexibility index (Phi) is 5.36. The minimum absolute atomic E-state index is 0.235. The quantitative estimate of drug-likeness (QED) is 0.832. The Labute approximate surface area is 116 Å². The van der Waals surface area contributed by atoms with E-state index in [4.69, 9.17) is 10.5 Å². The molecule has 0 amide bonds. The first kappa shape index (κ1) is 14.6. The SMILES string of the molecule is CCCOC1CCCN(C2(CN)CCSC2C)C1. The molecule has 0 bridgehead atoms. The van der Waals surface area contributed by atoms with E-state index in [0.717, 1.165) is 26.1 Å². The molecule has 2 heterocycles. The molecule has 0 aliphatic carbocycles. The molecule has 3 unspecified atom stereocenters. The first-order valence-electron chi connectivity index (χ1n) is 7.41. The van der Waals surface area contributed by atoms with Crippen molar-refractivity contribution in [1.82, 2.24) is 4.90 Å². The molecule has 2 aliphatic heterocycles. The maximum Gasteiger partial charge on any atom is 0.0702 e. The Morgan fingerprint density at radius 2 is 2.33 bits per heavy atom. The van der Waals surface area contributed by atoms with Gasteiger partial charge in [-0.25, -0.2) is 0 Å². The number of nitrogens with zero attached hydrogens (tertiary/aromatic N) is 1. The van der Waals surface area contributed by atoms with Crippen LogP contribution >= 0.6 is 11.8 Å². The molecule has 2 aliphatic rings. The minimum atomic E-state index is 0.235. The number of ether oxygens (including phenoxy) is 1. The number of piperidine rings is 1. The zero-order chi connectivity index (χ0) is 13.0. The monoisotopic (exact) mass is 272 g/mol. The molecule has 0 aromatic carbocycles. The molecule has 18 heavy (non-hydrogen) atoms. The Morgan fingerprint density at radius 3 is 2.94 bits per heavy atom. The molecular weight excluding hydrogens is 244 g/mol. The van der Waals surface area contributed by atoms with Gasteiger partial charge in [-0.05, 0) is 38.0 Å². The van der Waals surface area contributed by atoms with Crippen molar-refractivity contribution in [1.29, 1.82) is 0 Å². The lowest BCUT2D eigenvalue weighted by Gasteiger charge is -2.47. The second-order valence-corrected chi connectivity index (χ2v) is 7.10. The highest BCUT2D eigenvalue weighted by Gasteiger charge is 2.45. The van der Waals surface area contributed by atoms with Crippen LogP contribution in [0.4, 0.5) is 0 Å². The molecule has 3 atom stereocenters. The molecule has 4 heteroatoms. The van der Waals surface area contributed by atoms with Crippen molar-refractivity contribution in [3.8, 4) is 0 Å². The predicted octanol–water partition coefficient (Wildman–Crippen LogP) is 2.10. The van der Waals surface area contributed by atoms with Gasteiger partial charge < -0.3 is 10.5 Å². The number of hydrogen-bond acceptors (Lipinski definition) is 4. The van der Waals surface area contributed by atoms with Gasteiger partial charge in [0.15, 0.2) is 0 Å². The number of rotatable bonds is 5. The van der Waals surface area contributed by atoms with Gasteiger partial charge in [0.1, 0.15) is 0 Å². The van der Waals surface area contributed by atoms with Crippen LogP contribution in [-0.2, 0) is 4.74 Å². The Hall–Kier alpha value is 0.230. The highest BCUT2D eigenvalue weighted by atomic mass is 32.2. The zero-order valence-corrected chi connectivity index (χ0v) is 12.7. The van der Waals surface area contributed by atoms with Crippen LogP contribution in [-0.4, -0.2) is 53.8 Å². The van der Waals surface area contributed by atoms with Crippen molar-refractivity contribution < 1.29 is 4.74 Å². The third kappa shape index (κ3) is 2.87. The fraction of sp³-hybridized carbons (Fsp3) is 1.00. The van der Waals surface area contributed by atoms with E-state index >= 15 is 0 Å². The van der Waals surface area contributed by atoms with E-state index in [1.54, 1.807) is 0 Å². The summed E-state index contributed by atoms with van der Waals surface area (Å²) in [7, 11) is 0. The van der Waals surface area contributed by atoms with Gasteiger partial charge in [0.05, 0.1) is 6.10 Å². The first-order valence-corrected chi connectivity index (χ1v) is 8.46. The molecule has 0 aromatic heterocycles. The molecule has 0 radical (unpaired) electrons. The maximum absolute atomic E-state index is 6.14. The number of nitrogens with two attached hydrogens (primary N) is 1. The van der Waals surface area contributed by atoms with Crippen LogP contribution in [0, 0.1) is 0 Å². The maximum atomic E-state index is 6.14. The van der Waals surface area contributed by atoms with Crippen molar-refractivity contribution >= 4 is 11.8 Å². The number of hydrogen-bond donors (Lipinski definition) is 1. The van der Waals surface area contributed by atoms with Crippen LogP contribution in [0.3, 0.4) is 0 Å². The van der Waals surface area contributed by atoms with Gasteiger partial charge in [-0.15, -0.1) is 0 Å². The van der Waals surface area contributed by atoms with E-state index in [0.29, 0.717) is 11.4 Å². The standard InChI is InChI=1S/C14H28N2OS/c1-3-8-17-13-5-4-7-16(10-13)14(11-15)6-9-18-12(14)2/h12-13H,3-11,15H2,1-2H3. The Morgan fingerprint density at radius 1 is 1.50 bits per heavy atom. The molecule has 2 fully saturated rings. The van der Waals surface area contributed by atoms with Crippen LogP contribution in [0.25, 0.3) is 0 Å². The molecule has 2 saturated heterocycles. The molecule has 2 N–H and O–H groups in total. The molecule has 0 aromatic rings. The zero-order valence-electron chi connectivity index (χ0n) is 11.9. The smallest absolute Gasteiger partial charge is 0.0702 e. The number of likely N-dealkylation sites (tertiary alicyclic amines) is 1. The van der Waals surface area contributed by atoms with Gasteiger partial charge in [-0.1, -0.05) is 13.8 Å². The van der Waals surface area contributed by atoms with Crippen molar-refractivity contribution in [3.63, 3.8) is 0 Å². The average molecular weight is 272 g/mol. The summed E-state index contributed by atoms with van der Waals surface area (Å²) in [6.07, 6.45) is 5.27. The van der Waals surface area contributed by atoms with Crippen LogP contribution in [0.15, 0.2) is 0 Å². The second-order valence-electron chi connectivity index (χ2n) is 5.65. The molecule has 2 rings (SSSR count). The molecular formula is C14H28N2OS. The fourth-order valence-electron chi connectivity index (χ4n) is 3.35. The predicted molar refractivity (Wildman–Crippen MR) is 79.2 cm³/mol. The Balaban J connectivity index is 1.98. The summed E-state index contributed by atoms with van der Waals surface area (Å²) in [4.78, 5) is 2.64. The molecule has 0 spiro atoms. The van der Waals surface area contributed by atoms with Crippen molar-refractivity contribution in [3.05, 3.63) is 0 Å². The van der Waals surface area contributed by atoms with Crippen molar-refractivity contribution in [2.24, 2.45) is 5.73 Å². The van der Waals surface area contributed by atoms with Crippen LogP contribution < -0.4 is 5.73 Å². The summed E-state index contributed by atoms with van der Waals surface area (Å²) in [5, 5.41) is 0.660. The van der Waals surface area contributed by atoms with Crippen LogP contribution in [0.1, 0.15) is 39.5 Å². The van der Waals surface area contributed by atoms with Gasteiger partial charge in [-0.3, -0.25) is 4.90 Å². The van der Waals surface area contributed by atoms with Gasteiger partial charge in [-0.2, -0.15) is 11.8 Å². The van der Waals surface area contributed by atoms with Crippen molar-refractivity contribution in [2.45, 2.75) is 56.4 Å². The van der Waals surface area contributed by atoms with Crippen molar-refractivity contribution in [2.75, 3.05) is 32.0 Å². The topological polar surface area (TPSA) is 38.5 Å². The van der Waals surface area contributed by atoms with Gasteiger partial charge in [0.25, 0.3) is 0 Å². The average Bonchev–Trinajstić information content (AvgIpc) is 2.79. The third-order valence-electron chi connectivity index (χ3n) is 4.58. The van der Waals surface area contributed by atoms with E-state index in [1.807, 2.05) is 0 Å². The van der Waals surface area contributed by atoms with E-state index in [-0.39, 0.29) is 5.54 Å². The molecule has 0 saturated carbocycles. The van der Waals surface area contributed by atoms with E-state index in [1.165, 1.54) is 31.6 Å². The highest BCUT2D eigenvalue weighted by molar-refractivity contribution is 8.00. The second kappa shape index (κ2) is 6.60. The first-order chi connectivity index (χ1) is 8.73. The summed E-state index contributed by atoms with van der Waals surface area (Å²) in [5.74, 6) is 1.26. The summed E-state index contributed by atoms with van der Waals surface area (Å²) >= 11 is 2.08. The largest absolute Gasteiger partial charge is 0.377 e. The molecule has 106 valence electrons. The third-order valence-corrected chi connectivity index (χ3v) is 5.96. The van der Waals surface area contributed by atoms with Crippen LogP contribution in [0.2, 0.25) is 0 Å². The normalized spacial score (nSPS) is 38.2. The Bertz CT molecular complexity index is 264. The fourth-order valence-corrected chi connectivity index (χ4v) is 4.84. The molecule has 3 nitrogen and oxygen atoms in total. The number of thioether (sulfide) groups is 1. The lowest BCUT2D eigenvalue weighted by molar-refractivity contribution is -0.0352. The lowest BCUT2D eigenvalue weighted by Crippen LogP contribution is -2.61. The van der Waals surface area contributed by atoms with E-state index in [2.05, 4.69) is 30.5 Å². The summed E-state index contributed by atoms with van der Waals surface area (Å²) in [6, 6.07) is 0. The summed E-state index contributed by atoms with van der Waals surface area (Å²) < 4.78 is 5.96. The van der Waals surface area contributed by atoms with E-state index < -0.39 is 0 Å². The van der Waals surface area contributed by atoms with Gasteiger partial charge in [0.2, 0.25) is 0 Å². The minimum Gasteiger partial charge on any atom is -0.377 e. The van der Waals surface area contributed by atoms with E-state index in [9.17, 15) is 0 Å².